The highest BCUT2D eigenvalue weighted by atomic mass is 15.2. The predicted octanol–water partition coefficient (Wildman–Crippen LogP) is 3.70. The van der Waals surface area contributed by atoms with Crippen LogP contribution in [0.5, 0.6) is 0 Å². The Labute approximate surface area is 115 Å². The minimum Gasteiger partial charge on any atom is -0.366 e. The summed E-state index contributed by atoms with van der Waals surface area (Å²) in [5, 5.41) is 11.2. The van der Waals surface area contributed by atoms with Gasteiger partial charge < -0.3 is 5.32 Å². The third-order valence-corrected chi connectivity index (χ3v) is 5.62. The molecule has 4 aliphatic carbocycles. The van der Waals surface area contributed by atoms with Gasteiger partial charge in [0.05, 0.1) is 0 Å². The van der Waals surface area contributed by atoms with Gasteiger partial charge in [-0.25, -0.2) is 0 Å². The highest BCUT2D eigenvalue weighted by Crippen LogP contribution is 2.60. The maximum absolute atomic E-state index is 4.48. The van der Waals surface area contributed by atoms with Gasteiger partial charge in [0.1, 0.15) is 5.82 Å². The molecule has 104 valence electrons. The fourth-order valence-electron chi connectivity index (χ4n) is 5.40. The first-order valence-corrected chi connectivity index (χ1v) is 7.95. The highest BCUT2D eigenvalue weighted by Gasteiger charge is 2.52. The van der Waals surface area contributed by atoms with Crippen molar-refractivity contribution in [3.8, 4) is 0 Å². The fourth-order valence-corrected chi connectivity index (χ4v) is 5.40. The SMILES string of the molecule is CC(C)Nc1cc(C23CC4CC(CC(C4)C2)C3)[nH]n1. The van der Waals surface area contributed by atoms with Crippen LogP contribution in [0.15, 0.2) is 6.07 Å². The molecule has 4 aliphatic rings. The molecule has 3 heteroatoms. The van der Waals surface area contributed by atoms with Crippen LogP contribution in [0.2, 0.25) is 0 Å². The van der Waals surface area contributed by atoms with Gasteiger partial charge in [-0.2, -0.15) is 5.10 Å². The van der Waals surface area contributed by atoms with E-state index in [1.165, 1.54) is 44.2 Å². The van der Waals surface area contributed by atoms with Crippen LogP contribution in [-0.2, 0) is 5.41 Å². The van der Waals surface area contributed by atoms with Crippen molar-refractivity contribution in [3.63, 3.8) is 0 Å². The van der Waals surface area contributed by atoms with E-state index < -0.39 is 0 Å². The second-order valence-corrected chi connectivity index (χ2v) is 7.66. The lowest BCUT2D eigenvalue weighted by Gasteiger charge is -2.56. The second-order valence-electron chi connectivity index (χ2n) is 7.66. The first-order valence-electron chi connectivity index (χ1n) is 7.95. The molecule has 1 aromatic heterocycles. The largest absolute Gasteiger partial charge is 0.366 e. The molecular formula is C16H25N3. The van der Waals surface area contributed by atoms with Crippen LogP contribution in [0.3, 0.4) is 0 Å². The minimum absolute atomic E-state index is 0.443. The molecule has 4 fully saturated rings. The zero-order chi connectivity index (χ0) is 13.0. The number of aromatic nitrogens is 2. The molecule has 0 aromatic carbocycles. The van der Waals surface area contributed by atoms with E-state index in [1.807, 2.05) is 0 Å². The Kier molecular flexibility index (Phi) is 2.49. The number of aromatic amines is 1. The summed E-state index contributed by atoms with van der Waals surface area (Å²) >= 11 is 0. The Morgan fingerprint density at radius 2 is 1.74 bits per heavy atom. The first kappa shape index (κ1) is 11.8. The van der Waals surface area contributed by atoms with Gasteiger partial charge in [0, 0.05) is 23.2 Å². The minimum atomic E-state index is 0.443. The average Bonchev–Trinajstić information content (AvgIpc) is 2.75. The molecule has 1 aromatic rings. The molecule has 4 saturated carbocycles. The van der Waals surface area contributed by atoms with Crippen molar-refractivity contribution in [2.45, 2.75) is 63.8 Å². The number of rotatable bonds is 3. The summed E-state index contributed by atoms with van der Waals surface area (Å²) in [7, 11) is 0. The van der Waals surface area contributed by atoms with Gasteiger partial charge in [0.15, 0.2) is 0 Å². The van der Waals surface area contributed by atoms with Crippen LogP contribution in [0.1, 0.15) is 58.1 Å². The Hall–Kier alpha value is -0.990. The Morgan fingerprint density at radius 1 is 1.16 bits per heavy atom. The van der Waals surface area contributed by atoms with Crippen molar-refractivity contribution >= 4 is 5.82 Å². The van der Waals surface area contributed by atoms with E-state index >= 15 is 0 Å². The van der Waals surface area contributed by atoms with Crippen molar-refractivity contribution in [2.75, 3.05) is 5.32 Å². The lowest BCUT2D eigenvalue weighted by molar-refractivity contribution is -0.00721. The maximum atomic E-state index is 4.48. The fraction of sp³-hybridized carbons (Fsp3) is 0.812. The predicted molar refractivity (Wildman–Crippen MR) is 77.2 cm³/mol. The van der Waals surface area contributed by atoms with Crippen LogP contribution < -0.4 is 5.32 Å². The van der Waals surface area contributed by atoms with Gasteiger partial charge in [-0.05, 0) is 70.1 Å². The van der Waals surface area contributed by atoms with Crippen molar-refractivity contribution in [1.29, 1.82) is 0 Å². The zero-order valence-electron chi connectivity index (χ0n) is 12.1. The highest BCUT2D eigenvalue weighted by molar-refractivity contribution is 5.39. The molecule has 0 atom stereocenters. The molecule has 1 heterocycles. The van der Waals surface area contributed by atoms with Gasteiger partial charge in [0.25, 0.3) is 0 Å². The summed E-state index contributed by atoms with van der Waals surface area (Å²) in [6, 6.07) is 2.74. The van der Waals surface area contributed by atoms with Crippen LogP contribution in [0, 0.1) is 17.8 Å². The zero-order valence-corrected chi connectivity index (χ0v) is 12.1. The summed E-state index contributed by atoms with van der Waals surface area (Å²) in [5.74, 6) is 4.02. The van der Waals surface area contributed by atoms with Crippen molar-refractivity contribution < 1.29 is 0 Å². The molecule has 19 heavy (non-hydrogen) atoms. The quantitative estimate of drug-likeness (QED) is 0.869. The summed E-state index contributed by atoms with van der Waals surface area (Å²) in [5.41, 5.74) is 1.85. The van der Waals surface area contributed by atoms with E-state index in [2.05, 4.69) is 35.4 Å². The first-order chi connectivity index (χ1) is 9.13. The summed E-state index contributed by atoms with van der Waals surface area (Å²) in [6.45, 7) is 4.33. The number of anilines is 1. The van der Waals surface area contributed by atoms with Gasteiger partial charge in [0.2, 0.25) is 0 Å². The monoisotopic (exact) mass is 259 g/mol. The number of hydrogen-bond acceptors (Lipinski definition) is 2. The molecule has 4 bridgehead atoms. The molecule has 2 N–H and O–H groups in total. The van der Waals surface area contributed by atoms with Gasteiger partial charge in [-0.15, -0.1) is 0 Å². The molecule has 0 aliphatic heterocycles. The van der Waals surface area contributed by atoms with Crippen molar-refractivity contribution in [2.24, 2.45) is 17.8 Å². The lowest BCUT2D eigenvalue weighted by Crippen LogP contribution is -2.48. The molecule has 0 radical (unpaired) electrons. The number of nitrogens with one attached hydrogen (secondary N) is 2. The van der Waals surface area contributed by atoms with Crippen molar-refractivity contribution in [1.82, 2.24) is 10.2 Å². The van der Waals surface area contributed by atoms with Crippen LogP contribution in [0.25, 0.3) is 0 Å². The Morgan fingerprint density at radius 3 is 2.26 bits per heavy atom. The van der Waals surface area contributed by atoms with E-state index in [9.17, 15) is 0 Å². The molecular weight excluding hydrogens is 234 g/mol. The summed E-state index contributed by atoms with van der Waals surface area (Å²) in [6.07, 6.45) is 8.73. The van der Waals surface area contributed by atoms with E-state index in [0.717, 1.165) is 23.6 Å². The van der Waals surface area contributed by atoms with E-state index in [0.29, 0.717) is 11.5 Å². The van der Waals surface area contributed by atoms with Crippen LogP contribution in [0.4, 0.5) is 5.82 Å². The molecule has 0 saturated heterocycles. The van der Waals surface area contributed by atoms with Crippen LogP contribution in [-0.4, -0.2) is 16.2 Å². The van der Waals surface area contributed by atoms with Crippen LogP contribution >= 0.6 is 0 Å². The lowest BCUT2D eigenvalue weighted by atomic mass is 9.49. The Balaban J connectivity index is 1.62. The normalized spacial score (nSPS) is 40.1. The standard InChI is InChI=1S/C16H25N3/c1-10(2)17-15-6-14(18-19-15)16-7-11-3-12(8-16)5-13(4-11)9-16/h6,10-13H,3-5,7-9H2,1-2H3,(H2,17,18,19). The third-order valence-electron chi connectivity index (χ3n) is 5.62. The Bertz CT molecular complexity index is 439. The number of nitrogens with zero attached hydrogens (tertiary/aromatic N) is 1. The third kappa shape index (κ3) is 1.89. The van der Waals surface area contributed by atoms with E-state index in [1.54, 1.807) is 0 Å². The smallest absolute Gasteiger partial charge is 0.148 e. The second kappa shape index (κ2) is 4.00. The summed E-state index contributed by atoms with van der Waals surface area (Å²) < 4.78 is 0. The maximum Gasteiger partial charge on any atom is 0.148 e. The summed E-state index contributed by atoms with van der Waals surface area (Å²) in [4.78, 5) is 0. The molecule has 3 nitrogen and oxygen atoms in total. The molecule has 5 rings (SSSR count). The molecule has 0 spiro atoms. The average molecular weight is 259 g/mol. The van der Waals surface area contributed by atoms with Gasteiger partial charge in [-0.3, -0.25) is 5.10 Å². The molecule has 0 amide bonds. The van der Waals surface area contributed by atoms with E-state index in [4.69, 9.17) is 0 Å². The topological polar surface area (TPSA) is 40.7 Å². The van der Waals surface area contributed by atoms with Gasteiger partial charge in [-0.1, -0.05) is 0 Å². The van der Waals surface area contributed by atoms with Crippen molar-refractivity contribution in [3.05, 3.63) is 11.8 Å². The number of hydrogen-bond donors (Lipinski definition) is 2. The van der Waals surface area contributed by atoms with E-state index in [-0.39, 0.29) is 0 Å². The molecule has 0 unspecified atom stereocenters. The van der Waals surface area contributed by atoms with Gasteiger partial charge >= 0.3 is 0 Å². The number of H-pyrrole nitrogens is 1.